The minimum absolute atomic E-state index is 0.0107. The zero-order valence-electron chi connectivity index (χ0n) is 19.0. The van der Waals surface area contributed by atoms with Crippen molar-refractivity contribution in [1.82, 2.24) is 10.4 Å². The monoisotopic (exact) mass is 657 g/mol. The summed E-state index contributed by atoms with van der Waals surface area (Å²) in [6.45, 7) is 0. The Morgan fingerprint density at radius 2 is 1.79 bits per heavy atom. The molecule has 4 rings (SSSR count). The Bertz CT molecular complexity index is 1550. The highest BCUT2D eigenvalue weighted by molar-refractivity contribution is 9.10. The van der Waals surface area contributed by atoms with Crippen molar-refractivity contribution in [3.8, 4) is 11.5 Å². The molecule has 0 bridgehead atoms. The van der Waals surface area contributed by atoms with E-state index in [1.165, 1.54) is 42.5 Å². The second-order valence-corrected chi connectivity index (χ2v) is 10.7. The second-order valence-electron chi connectivity index (χ2n) is 7.69. The maximum absolute atomic E-state index is 13.1. The van der Waals surface area contributed by atoms with Crippen LogP contribution in [0, 0.1) is 10.1 Å². The maximum atomic E-state index is 13.1. The number of nitrogens with zero attached hydrogens (tertiary/aromatic N) is 2. The molecule has 0 aromatic heterocycles. The van der Waals surface area contributed by atoms with Crippen LogP contribution in [0.1, 0.15) is 21.5 Å². The Labute approximate surface area is 241 Å². The van der Waals surface area contributed by atoms with Crippen LogP contribution in [-0.4, -0.2) is 26.1 Å². The van der Waals surface area contributed by atoms with Gasteiger partial charge >= 0.3 is 11.9 Å². The van der Waals surface area contributed by atoms with Crippen LogP contribution < -0.4 is 10.2 Å². The number of carbonyl (C=O) groups excluding carboxylic acids is 2. The molecule has 200 valence electrons. The molecule has 39 heavy (non-hydrogen) atoms. The number of nitrogens with one attached hydrogen (secondary N) is 1. The fourth-order valence-corrected chi connectivity index (χ4v) is 4.91. The highest BCUT2D eigenvalue weighted by atomic mass is 79.9. The minimum Gasteiger partial charge on any atom is -0.449 e. The highest BCUT2D eigenvalue weighted by Gasteiger charge is 2.35. The summed E-state index contributed by atoms with van der Waals surface area (Å²) in [4.78, 5) is 36.1. The zero-order valence-corrected chi connectivity index (χ0v) is 23.0. The Morgan fingerprint density at radius 3 is 2.44 bits per heavy atom. The van der Waals surface area contributed by atoms with Crippen molar-refractivity contribution in [3.63, 3.8) is 0 Å². The molecule has 0 spiro atoms. The van der Waals surface area contributed by atoms with E-state index >= 15 is 0 Å². The number of rotatable bonds is 6. The molecule has 0 aliphatic carbocycles. The number of thiocarbonyl (C=S) groups is 1. The molecule has 0 radical (unpaired) electrons. The summed E-state index contributed by atoms with van der Waals surface area (Å²) in [6.07, 6.45) is -3.41. The van der Waals surface area contributed by atoms with Gasteiger partial charge in [-0.3, -0.25) is 25.1 Å². The Hall–Kier alpha value is -3.46. The second kappa shape index (κ2) is 11.3. The SMILES string of the molecule is O=C(NN1C(=O)/C(=C\c2cc(Br)ccc2Oc2ccc(C(F)(F)F)cc2[N+](=O)[O-])SC1=S)c1ccc(Cl)cc1. The maximum Gasteiger partial charge on any atom is 0.416 e. The number of hydrogen-bond acceptors (Lipinski definition) is 7. The third-order valence-corrected chi connectivity index (χ3v) is 7.12. The van der Waals surface area contributed by atoms with E-state index in [0.717, 1.165) is 22.8 Å². The van der Waals surface area contributed by atoms with Crippen LogP contribution in [0.3, 0.4) is 0 Å². The van der Waals surface area contributed by atoms with E-state index in [0.29, 0.717) is 21.6 Å². The van der Waals surface area contributed by atoms with Crippen LogP contribution in [0.4, 0.5) is 18.9 Å². The van der Waals surface area contributed by atoms with Crippen LogP contribution in [0.15, 0.2) is 70.0 Å². The summed E-state index contributed by atoms with van der Waals surface area (Å²) in [6, 6.07) is 12.3. The predicted molar refractivity (Wildman–Crippen MR) is 146 cm³/mol. The smallest absolute Gasteiger partial charge is 0.416 e. The van der Waals surface area contributed by atoms with Gasteiger partial charge < -0.3 is 4.74 Å². The van der Waals surface area contributed by atoms with Crippen LogP contribution in [0.25, 0.3) is 6.08 Å². The predicted octanol–water partition coefficient (Wildman–Crippen LogP) is 7.37. The number of benzene rings is 3. The summed E-state index contributed by atoms with van der Waals surface area (Å²) in [5.41, 5.74) is 0.812. The number of alkyl halides is 3. The van der Waals surface area contributed by atoms with Gasteiger partial charge in [-0.25, -0.2) is 0 Å². The average Bonchev–Trinajstić information content (AvgIpc) is 3.12. The topological polar surface area (TPSA) is 102 Å². The van der Waals surface area contributed by atoms with E-state index in [9.17, 15) is 32.9 Å². The van der Waals surface area contributed by atoms with E-state index in [4.69, 9.17) is 28.6 Å². The Kier molecular flexibility index (Phi) is 8.30. The number of thioether (sulfide) groups is 1. The van der Waals surface area contributed by atoms with Crippen LogP contribution in [-0.2, 0) is 11.0 Å². The molecule has 1 aliphatic rings. The number of ether oxygens (including phenoxy) is 1. The number of halogens is 5. The fraction of sp³-hybridized carbons (Fsp3) is 0.0417. The molecule has 3 aromatic rings. The molecule has 8 nitrogen and oxygen atoms in total. The van der Waals surface area contributed by atoms with Crippen LogP contribution in [0.5, 0.6) is 11.5 Å². The summed E-state index contributed by atoms with van der Waals surface area (Å²) in [5, 5.41) is 12.8. The van der Waals surface area contributed by atoms with Gasteiger partial charge in [0.1, 0.15) is 5.75 Å². The third-order valence-electron chi connectivity index (χ3n) is 5.07. The van der Waals surface area contributed by atoms with Gasteiger partial charge in [0.2, 0.25) is 5.75 Å². The molecule has 1 fully saturated rings. The lowest BCUT2D eigenvalue weighted by Crippen LogP contribution is -2.44. The normalized spacial score (nSPS) is 14.6. The first-order valence-electron chi connectivity index (χ1n) is 10.5. The quantitative estimate of drug-likeness (QED) is 0.128. The van der Waals surface area contributed by atoms with Gasteiger partial charge in [-0.2, -0.15) is 18.2 Å². The van der Waals surface area contributed by atoms with Crippen LogP contribution >= 0.6 is 51.5 Å². The fourth-order valence-electron chi connectivity index (χ4n) is 3.24. The van der Waals surface area contributed by atoms with Crippen molar-refractivity contribution in [1.29, 1.82) is 0 Å². The minimum atomic E-state index is -4.79. The van der Waals surface area contributed by atoms with Gasteiger partial charge in [-0.1, -0.05) is 39.3 Å². The molecule has 0 atom stereocenters. The van der Waals surface area contributed by atoms with Crippen molar-refractivity contribution in [2.24, 2.45) is 0 Å². The first kappa shape index (κ1) is 28.5. The number of nitro groups is 1. The molecular formula is C24H12BrClF3N3O5S2. The van der Waals surface area contributed by atoms with Crippen molar-refractivity contribution in [2.75, 3.05) is 0 Å². The molecule has 1 heterocycles. The molecular weight excluding hydrogens is 647 g/mol. The average molecular weight is 659 g/mol. The third kappa shape index (κ3) is 6.58. The summed E-state index contributed by atoms with van der Waals surface area (Å²) < 4.78 is 45.4. The van der Waals surface area contributed by atoms with E-state index in [-0.39, 0.29) is 26.1 Å². The summed E-state index contributed by atoms with van der Waals surface area (Å²) >= 11 is 15.2. The molecule has 1 N–H and O–H groups in total. The van der Waals surface area contributed by atoms with Crippen molar-refractivity contribution < 1.29 is 32.4 Å². The number of carbonyl (C=O) groups is 2. The largest absolute Gasteiger partial charge is 0.449 e. The van der Waals surface area contributed by atoms with Gasteiger partial charge in [-0.05, 0) is 72.9 Å². The van der Waals surface area contributed by atoms with Gasteiger partial charge in [-0.15, -0.1) is 0 Å². The number of hydrogen-bond donors (Lipinski definition) is 1. The van der Waals surface area contributed by atoms with E-state index < -0.39 is 39.9 Å². The first-order chi connectivity index (χ1) is 18.3. The summed E-state index contributed by atoms with van der Waals surface area (Å²) in [5.74, 6) is -1.69. The molecule has 3 aromatic carbocycles. The van der Waals surface area contributed by atoms with Crippen LogP contribution in [0.2, 0.25) is 5.02 Å². The molecule has 15 heteroatoms. The lowest BCUT2D eigenvalue weighted by Gasteiger charge is -2.15. The molecule has 1 saturated heterocycles. The van der Waals surface area contributed by atoms with Gasteiger partial charge in [0.15, 0.2) is 4.32 Å². The highest BCUT2D eigenvalue weighted by Crippen LogP contribution is 2.40. The van der Waals surface area contributed by atoms with Gasteiger partial charge in [0.25, 0.3) is 11.8 Å². The van der Waals surface area contributed by atoms with Crippen molar-refractivity contribution in [3.05, 3.63) is 102 Å². The number of amides is 2. The first-order valence-corrected chi connectivity index (χ1v) is 12.9. The lowest BCUT2D eigenvalue weighted by molar-refractivity contribution is -0.385. The Balaban J connectivity index is 1.62. The van der Waals surface area contributed by atoms with Crippen molar-refractivity contribution in [2.45, 2.75) is 6.18 Å². The molecule has 1 aliphatic heterocycles. The lowest BCUT2D eigenvalue weighted by atomic mass is 10.1. The molecule has 2 amide bonds. The molecule has 0 saturated carbocycles. The van der Waals surface area contributed by atoms with Gasteiger partial charge in [0, 0.05) is 26.7 Å². The van der Waals surface area contributed by atoms with E-state index in [2.05, 4.69) is 21.4 Å². The molecule has 0 unspecified atom stereocenters. The number of nitro benzene ring substituents is 1. The van der Waals surface area contributed by atoms with Gasteiger partial charge in [0.05, 0.1) is 15.4 Å². The standard InChI is InChI=1S/C24H12BrClF3N3O5S2/c25-15-4-8-18(37-19-7-3-14(24(27,28)29)11-17(19)32(35)36)13(9-15)10-20-22(34)31(23(38)39-20)30-21(33)12-1-5-16(26)6-2-12/h1-11H,(H,30,33)/b20-10+. The summed E-state index contributed by atoms with van der Waals surface area (Å²) in [7, 11) is 0. The van der Waals surface area contributed by atoms with E-state index in [1.54, 1.807) is 6.07 Å². The van der Waals surface area contributed by atoms with Crippen molar-refractivity contribution >= 4 is 79.4 Å². The van der Waals surface area contributed by atoms with E-state index in [1.807, 2.05) is 0 Å². The number of hydrazine groups is 1. The Morgan fingerprint density at radius 1 is 1.13 bits per heavy atom. The zero-order chi connectivity index (χ0) is 28.5.